The molecular formula is C21H26N2O6. The molecule has 1 amide bonds. The molecule has 1 aliphatic carbocycles. The number of para-hydroxylation sites is 1. The highest BCUT2D eigenvalue weighted by Gasteiger charge is 2.35. The zero-order valence-electron chi connectivity index (χ0n) is 16.5. The second-order valence-corrected chi connectivity index (χ2v) is 7.13. The summed E-state index contributed by atoms with van der Waals surface area (Å²) in [7, 11) is 1.24. The van der Waals surface area contributed by atoms with E-state index in [1.165, 1.54) is 12.0 Å². The van der Waals surface area contributed by atoms with Crippen LogP contribution in [0.4, 0.5) is 5.69 Å². The van der Waals surface area contributed by atoms with Crippen molar-refractivity contribution in [3.63, 3.8) is 0 Å². The van der Waals surface area contributed by atoms with Crippen LogP contribution < -0.4 is 5.32 Å². The van der Waals surface area contributed by atoms with Crippen molar-refractivity contribution >= 4 is 23.5 Å². The van der Waals surface area contributed by atoms with Crippen LogP contribution in [0, 0.1) is 0 Å². The number of amides is 1. The normalized spacial score (nSPS) is 17.4. The lowest BCUT2D eigenvalue weighted by molar-refractivity contribution is -0.136. The van der Waals surface area contributed by atoms with E-state index < -0.39 is 17.8 Å². The summed E-state index contributed by atoms with van der Waals surface area (Å²) in [4.78, 5) is 38.9. The molecular weight excluding hydrogens is 376 g/mol. The Labute approximate surface area is 169 Å². The van der Waals surface area contributed by atoms with Crippen LogP contribution in [0.25, 0.3) is 0 Å². The summed E-state index contributed by atoms with van der Waals surface area (Å²) < 4.78 is 10.4. The van der Waals surface area contributed by atoms with E-state index >= 15 is 0 Å². The average Bonchev–Trinajstić information content (AvgIpc) is 3.04. The smallest absolute Gasteiger partial charge is 0.340 e. The van der Waals surface area contributed by atoms with Gasteiger partial charge in [-0.2, -0.15) is 0 Å². The molecule has 1 aliphatic heterocycles. The van der Waals surface area contributed by atoms with Gasteiger partial charge >= 0.3 is 11.9 Å². The van der Waals surface area contributed by atoms with Gasteiger partial charge in [-0.15, -0.1) is 0 Å². The fourth-order valence-corrected chi connectivity index (χ4v) is 3.65. The number of benzene rings is 1. The Morgan fingerprint density at radius 2 is 1.90 bits per heavy atom. The summed E-state index contributed by atoms with van der Waals surface area (Å²) in [5.41, 5.74) is 0.872. The second kappa shape index (κ2) is 9.56. The van der Waals surface area contributed by atoms with Crippen LogP contribution in [0.3, 0.4) is 0 Å². The van der Waals surface area contributed by atoms with Gasteiger partial charge in [-0.1, -0.05) is 18.6 Å². The van der Waals surface area contributed by atoms with Gasteiger partial charge < -0.3 is 24.8 Å². The van der Waals surface area contributed by atoms with Gasteiger partial charge in [0.15, 0.2) is 0 Å². The molecule has 0 radical (unpaired) electrons. The third-order valence-electron chi connectivity index (χ3n) is 5.19. The maximum atomic E-state index is 12.7. The van der Waals surface area contributed by atoms with Gasteiger partial charge in [-0.25, -0.2) is 9.59 Å². The number of carbonyl (C=O) groups excluding carboxylic acids is 3. The molecule has 8 heteroatoms. The number of ether oxygens (including phenoxy) is 2. The number of hydrogen-bond acceptors (Lipinski definition) is 7. The van der Waals surface area contributed by atoms with E-state index in [0.717, 1.165) is 32.1 Å². The van der Waals surface area contributed by atoms with Gasteiger partial charge in [0.2, 0.25) is 0 Å². The predicted molar refractivity (Wildman–Crippen MR) is 105 cm³/mol. The van der Waals surface area contributed by atoms with E-state index in [1.807, 2.05) is 0 Å². The predicted octanol–water partition coefficient (Wildman–Crippen LogP) is 1.85. The highest BCUT2D eigenvalue weighted by Crippen LogP contribution is 2.27. The van der Waals surface area contributed by atoms with Crippen molar-refractivity contribution in [2.24, 2.45) is 0 Å². The third-order valence-corrected chi connectivity index (χ3v) is 5.19. The van der Waals surface area contributed by atoms with Gasteiger partial charge in [0.25, 0.3) is 5.91 Å². The van der Waals surface area contributed by atoms with E-state index in [4.69, 9.17) is 14.6 Å². The number of rotatable bonds is 7. The van der Waals surface area contributed by atoms with Gasteiger partial charge in [-0.3, -0.25) is 4.79 Å². The minimum absolute atomic E-state index is 0.0308. The Kier molecular flexibility index (Phi) is 6.87. The van der Waals surface area contributed by atoms with Crippen molar-refractivity contribution in [3.05, 3.63) is 41.1 Å². The lowest BCUT2D eigenvalue weighted by atomic mass is 9.98. The highest BCUT2D eigenvalue weighted by molar-refractivity contribution is 6.09. The SMILES string of the molecule is COC(=O)C1=C(Nc2ccccc2C(=O)OC2CCCCC2)C(=O)N(CCO)C1. The molecule has 2 aliphatic rings. The molecule has 1 saturated carbocycles. The maximum absolute atomic E-state index is 12.7. The maximum Gasteiger partial charge on any atom is 0.340 e. The number of nitrogens with zero attached hydrogens (tertiary/aromatic N) is 1. The minimum atomic E-state index is -0.636. The fourth-order valence-electron chi connectivity index (χ4n) is 3.65. The van der Waals surface area contributed by atoms with E-state index in [2.05, 4.69) is 5.32 Å². The zero-order chi connectivity index (χ0) is 20.8. The number of carbonyl (C=O) groups is 3. The minimum Gasteiger partial charge on any atom is -0.466 e. The van der Waals surface area contributed by atoms with E-state index in [9.17, 15) is 14.4 Å². The number of β-amino-alcohol motifs (C(OH)–C–C–N with tert-alkyl or cyclic N) is 1. The molecule has 3 rings (SSSR count). The average molecular weight is 402 g/mol. The summed E-state index contributed by atoms with van der Waals surface area (Å²) in [5.74, 6) is -1.53. The number of anilines is 1. The van der Waals surface area contributed by atoms with Crippen LogP contribution in [0.5, 0.6) is 0 Å². The van der Waals surface area contributed by atoms with Crippen molar-refractivity contribution < 1.29 is 29.0 Å². The van der Waals surface area contributed by atoms with Crippen molar-refractivity contribution in [2.75, 3.05) is 32.1 Å². The van der Waals surface area contributed by atoms with Gasteiger partial charge in [0.1, 0.15) is 11.8 Å². The number of esters is 2. The first-order chi connectivity index (χ1) is 14.0. The number of aliphatic hydroxyl groups is 1. The fraction of sp³-hybridized carbons (Fsp3) is 0.476. The van der Waals surface area contributed by atoms with E-state index in [0.29, 0.717) is 11.3 Å². The quantitative estimate of drug-likeness (QED) is 0.671. The monoisotopic (exact) mass is 402 g/mol. The Hall–Kier alpha value is -2.87. The largest absolute Gasteiger partial charge is 0.466 e. The molecule has 0 saturated heterocycles. The van der Waals surface area contributed by atoms with Crippen LogP contribution in [-0.4, -0.2) is 60.8 Å². The molecule has 1 aromatic carbocycles. The highest BCUT2D eigenvalue weighted by atomic mass is 16.5. The van der Waals surface area contributed by atoms with E-state index in [1.54, 1.807) is 24.3 Å². The molecule has 0 bridgehead atoms. The molecule has 29 heavy (non-hydrogen) atoms. The summed E-state index contributed by atoms with van der Waals surface area (Å²) in [6, 6.07) is 6.72. The zero-order valence-corrected chi connectivity index (χ0v) is 16.5. The molecule has 0 aromatic heterocycles. The van der Waals surface area contributed by atoms with Crippen molar-refractivity contribution in [1.82, 2.24) is 4.90 Å². The molecule has 156 valence electrons. The summed E-state index contributed by atoms with van der Waals surface area (Å²) in [6.45, 7) is -0.100. The Balaban J connectivity index is 1.83. The summed E-state index contributed by atoms with van der Waals surface area (Å²) >= 11 is 0. The standard InChI is InChI=1S/C21H26N2O6/c1-28-20(26)16-13-23(11-12-24)19(25)18(16)22-17-10-6-5-9-15(17)21(27)29-14-7-3-2-4-8-14/h5-6,9-10,14,22,24H,2-4,7-8,11-13H2,1H3. The van der Waals surface area contributed by atoms with Crippen molar-refractivity contribution in [2.45, 2.75) is 38.2 Å². The molecule has 0 spiro atoms. The van der Waals surface area contributed by atoms with Crippen molar-refractivity contribution in [3.8, 4) is 0 Å². The lowest BCUT2D eigenvalue weighted by Gasteiger charge is -2.22. The third kappa shape index (κ3) is 4.76. The van der Waals surface area contributed by atoms with Crippen LogP contribution in [0.15, 0.2) is 35.5 Å². The number of nitrogens with one attached hydrogen (secondary N) is 1. The van der Waals surface area contributed by atoms with Crippen LogP contribution in [0.1, 0.15) is 42.5 Å². The van der Waals surface area contributed by atoms with E-state index in [-0.39, 0.29) is 37.1 Å². The number of methoxy groups -OCH3 is 1. The molecule has 0 unspecified atom stereocenters. The first-order valence-corrected chi connectivity index (χ1v) is 9.83. The number of aliphatic hydroxyl groups excluding tert-OH is 1. The molecule has 8 nitrogen and oxygen atoms in total. The second-order valence-electron chi connectivity index (χ2n) is 7.13. The Morgan fingerprint density at radius 3 is 2.59 bits per heavy atom. The Bertz CT molecular complexity index is 813. The first-order valence-electron chi connectivity index (χ1n) is 9.83. The van der Waals surface area contributed by atoms with Crippen molar-refractivity contribution in [1.29, 1.82) is 0 Å². The van der Waals surface area contributed by atoms with Gasteiger partial charge in [0, 0.05) is 6.54 Å². The Morgan fingerprint density at radius 1 is 1.17 bits per heavy atom. The summed E-state index contributed by atoms with van der Waals surface area (Å²) in [5, 5.41) is 12.1. The molecule has 0 atom stereocenters. The van der Waals surface area contributed by atoms with Gasteiger partial charge in [-0.05, 0) is 37.8 Å². The van der Waals surface area contributed by atoms with Crippen LogP contribution in [0.2, 0.25) is 0 Å². The first kappa shape index (κ1) is 20.9. The molecule has 1 aromatic rings. The summed E-state index contributed by atoms with van der Waals surface area (Å²) in [6.07, 6.45) is 4.86. The molecule has 1 fully saturated rings. The topological polar surface area (TPSA) is 105 Å². The van der Waals surface area contributed by atoms with Gasteiger partial charge in [0.05, 0.1) is 37.1 Å². The molecule has 2 N–H and O–H groups in total. The lowest BCUT2D eigenvalue weighted by Crippen LogP contribution is -2.31. The van der Waals surface area contributed by atoms with Crippen LogP contribution in [-0.2, 0) is 19.1 Å². The van der Waals surface area contributed by atoms with Crippen LogP contribution >= 0.6 is 0 Å². The number of hydrogen-bond donors (Lipinski definition) is 2. The molecule has 1 heterocycles.